The number of carbonyl (C=O) groups excluding carboxylic acids is 2. The number of rotatable bonds is 9. The molecular formula is C21H31O4-. The SMILES string of the molecule is CCCC(=O)OC(CCc1ccc(C(C)(C)C)cc1)C(CC)C(=O)[O-]. The van der Waals surface area contributed by atoms with Gasteiger partial charge in [0.1, 0.15) is 6.10 Å². The first-order chi connectivity index (χ1) is 11.7. The van der Waals surface area contributed by atoms with Crippen LogP contribution in [0.25, 0.3) is 0 Å². The fourth-order valence-corrected chi connectivity index (χ4v) is 2.84. The molecule has 0 N–H and O–H groups in total. The lowest BCUT2D eigenvalue weighted by Gasteiger charge is -2.27. The van der Waals surface area contributed by atoms with Crippen molar-refractivity contribution in [1.82, 2.24) is 0 Å². The van der Waals surface area contributed by atoms with Gasteiger partial charge in [-0.2, -0.15) is 0 Å². The molecular weight excluding hydrogens is 316 g/mol. The number of carbonyl (C=O) groups is 2. The summed E-state index contributed by atoms with van der Waals surface area (Å²) in [5.41, 5.74) is 2.46. The average molecular weight is 347 g/mol. The minimum atomic E-state index is -1.15. The molecule has 1 aromatic rings. The molecule has 2 atom stereocenters. The number of benzene rings is 1. The summed E-state index contributed by atoms with van der Waals surface area (Å²) in [6.45, 7) is 10.2. The fourth-order valence-electron chi connectivity index (χ4n) is 2.84. The summed E-state index contributed by atoms with van der Waals surface area (Å²) < 4.78 is 5.45. The van der Waals surface area contributed by atoms with Crippen molar-refractivity contribution in [2.75, 3.05) is 0 Å². The molecule has 0 spiro atoms. The maximum atomic E-state index is 11.8. The van der Waals surface area contributed by atoms with E-state index < -0.39 is 18.0 Å². The third-order valence-corrected chi connectivity index (χ3v) is 4.47. The van der Waals surface area contributed by atoms with Gasteiger partial charge in [-0.25, -0.2) is 0 Å². The molecule has 2 unspecified atom stereocenters. The number of aliphatic carboxylic acids is 1. The second-order valence-electron chi connectivity index (χ2n) is 7.60. The van der Waals surface area contributed by atoms with E-state index in [-0.39, 0.29) is 11.4 Å². The highest BCUT2D eigenvalue weighted by molar-refractivity contribution is 5.72. The molecule has 0 aliphatic heterocycles. The highest BCUT2D eigenvalue weighted by atomic mass is 16.5. The lowest BCUT2D eigenvalue weighted by atomic mass is 9.86. The zero-order valence-corrected chi connectivity index (χ0v) is 16.1. The van der Waals surface area contributed by atoms with Crippen LogP contribution in [0.2, 0.25) is 0 Å². The molecule has 1 aromatic carbocycles. The Balaban J connectivity index is 2.80. The van der Waals surface area contributed by atoms with Gasteiger partial charge in [-0.3, -0.25) is 4.79 Å². The molecule has 1 rings (SSSR count). The highest BCUT2D eigenvalue weighted by Crippen LogP contribution is 2.24. The summed E-state index contributed by atoms with van der Waals surface area (Å²) in [5.74, 6) is -2.26. The van der Waals surface area contributed by atoms with E-state index in [2.05, 4.69) is 45.0 Å². The van der Waals surface area contributed by atoms with Gasteiger partial charge in [-0.15, -0.1) is 0 Å². The van der Waals surface area contributed by atoms with Crippen LogP contribution in [0.3, 0.4) is 0 Å². The van der Waals surface area contributed by atoms with E-state index in [0.29, 0.717) is 32.1 Å². The van der Waals surface area contributed by atoms with Gasteiger partial charge in [-0.1, -0.05) is 58.9 Å². The summed E-state index contributed by atoms with van der Waals surface area (Å²) in [6, 6.07) is 8.32. The first kappa shape index (κ1) is 21.2. The first-order valence-corrected chi connectivity index (χ1v) is 9.18. The predicted octanol–water partition coefficient (Wildman–Crippen LogP) is 3.40. The number of carboxylic acids is 1. The van der Waals surface area contributed by atoms with Gasteiger partial charge in [-0.05, 0) is 42.2 Å². The number of hydrogen-bond donors (Lipinski definition) is 0. The smallest absolute Gasteiger partial charge is 0.306 e. The number of ether oxygens (including phenoxy) is 1. The summed E-state index contributed by atoms with van der Waals surface area (Å²) in [7, 11) is 0. The second kappa shape index (κ2) is 9.59. The Hall–Kier alpha value is -1.84. The molecule has 0 aliphatic carbocycles. The fraction of sp³-hybridized carbons (Fsp3) is 0.619. The molecule has 0 saturated heterocycles. The Bertz CT molecular complexity index is 554. The normalized spacial score (nSPS) is 14.0. The van der Waals surface area contributed by atoms with Crippen LogP contribution in [0.5, 0.6) is 0 Å². The molecule has 0 aliphatic rings. The van der Waals surface area contributed by atoms with Crippen LogP contribution in [0.15, 0.2) is 24.3 Å². The summed E-state index contributed by atoms with van der Waals surface area (Å²) in [4.78, 5) is 23.2. The van der Waals surface area contributed by atoms with Gasteiger partial charge in [0, 0.05) is 18.3 Å². The molecule has 0 amide bonds. The largest absolute Gasteiger partial charge is 0.550 e. The van der Waals surface area contributed by atoms with Crippen LogP contribution < -0.4 is 5.11 Å². The predicted molar refractivity (Wildman–Crippen MR) is 97.0 cm³/mol. The highest BCUT2D eigenvalue weighted by Gasteiger charge is 2.25. The molecule has 0 bridgehead atoms. The van der Waals surface area contributed by atoms with Crippen molar-refractivity contribution in [1.29, 1.82) is 0 Å². The molecule has 4 heteroatoms. The van der Waals surface area contributed by atoms with Crippen LogP contribution in [-0.4, -0.2) is 18.0 Å². The maximum Gasteiger partial charge on any atom is 0.306 e. The quantitative estimate of drug-likeness (QED) is 0.642. The van der Waals surface area contributed by atoms with Crippen molar-refractivity contribution in [2.24, 2.45) is 5.92 Å². The van der Waals surface area contributed by atoms with Crippen molar-refractivity contribution >= 4 is 11.9 Å². The van der Waals surface area contributed by atoms with Crippen molar-refractivity contribution < 1.29 is 19.4 Å². The average Bonchev–Trinajstić information content (AvgIpc) is 2.52. The Labute approximate surface area is 151 Å². The topological polar surface area (TPSA) is 66.4 Å². The minimum absolute atomic E-state index is 0.0963. The molecule has 0 fully saturated rings. The van der Waals surface area contributed by atoms with Gasteiger partial charge < -0.3 is 14.6 Å². The lowest BCUT2D eigenvalue weighted by molar-refractivity contribution is -0.314. The van der Waals surface area contributed by atoms with Crippen molar-refractivity contribution in [3.05, 3.63) is 35.4 Å². The number of aryl methyl sites for hydroxylation is 1. The van der Waals surface area contributed by atoms with Gasteiger partial charge in [0.15, 0.2) is 0 Å². The number of esters is 1. The van der Waals surface area contributed by atoms with E-state index in [1.54, 1.807) is 6.92 Å². The summed E-state index contributed by atoms with van der Waals surface area (Å²) >= 11 is 0. The third-order valence-electron chi connectivity index (χ3n) is 4.47. The van der Waals surface area contributed by atoms with Crippen molar-refractivity contribution in [3.63, 3.8) is 0 Å². The minimum Gasteiger partial charge on any atom is -0.550 e. The first-order valence-electron chi connectivity index (χ1n) is 9.18. The Morgan fingerprint density at radius 2 is 1.72 bits per heavy atom. The molecule has 0 heterocycles. The Kier molecular flexibility index (Phi) is 8.14. The van der Waals surface area contributed by atoms with Gasteiger partial charge in [0.25, 0.3) is 0 Å². The summed E-state index contributed by atoms with van der Waals surface area (Å²) in [6.07, 6.45) is 1.88. The summed E-state index contributed by atoms with van der Waals surface area (Å²) in [5, 5.41) is 11.4. The van der Waals surface area contributed by atoms with Crippen LogP contribution in [0.1, 0.15) is 71.4 Å². The molecule has 4 nitrogen and oxygen atoms in total. The zero-order valence-electron chi connectivity index (χ0n) is 16.1. The number of hydrogen-bond acceptors (Lipinski definition) is 4. The van der Waals surface area contributed by atoms with Crippen LogP contribution >= 0.6 is 0 Å². The molecule has 0 radical (unpaired) electrons. The molecule has 0 saturated carbocycles. The number of carboxylic acid groups (broad SMARTS) is 1. The Morgan fingerprint density at radius 1 is 1.12 bits per heavy atom. The molecule has 140 valence electrons. The molecule has 25 heavy (non-hydrogen) atoms. The van der Waals surface area contributed by atoms with Crippen molar-refractivity contribution in [2.45, 2.75) is 78.2 Å². The third kappa shape index (κ3) is 6.89. The van der Waals surface area contributed by atoms with Crippen LogP contribution in [0.4, 0.5) is 0 Å². The van der Waals surface area contributed by atoms with Crippen molar-refractivity contribution in [3.8, 4) is 0 Å². The van der Waals surface area contributed by atoms with E-state index >= 15 is 0 Å². The lowest BCUT2D eigenvalue weighted by Crippen LogP contribution is -2.40. The van der Waals surface area contributed by atoms with Gasteiger partial charge in [0.2, 0.25) is 0 Å². The van der Waals surface area contributed by atoms with E-state index in [4.69, 9.17) is 4.74 Å². The van der Waals surface area contributed by atoms with E-state index in [1.165, 1.54) is 5.56 Å². The van der Waals surface area contributed by atoms with E-state index in [9.17, 15) is 14.7 Å². The van der Waals surface area contributed by atoms with Gasteiger partial charge in [0.05, 0.1) is 0 Å². The van der Waals surface area contributed by atoms with E-state index in [1.807, 2.05) is 6.92 Å². The van der Waals surface area contributed by atoms with Crippen LogP contribution in [-0.2, 0) is 26.2 Å². The maximum absolute atomic E-state index is 11.8. The standard InChI is InChI=1S/C21H32O4/c1-6-8-19(22)25-18(17(7-2)20(23)24)14-11-15-9-12-16(13-10-15)21(3,4)5/h9-10,12-13,17-18H,6-8,11,14H2,1-5H3,(H,23,24)/p-1. The second-order valence-corrected chi connectivity index (χ2v) is 7.60. The van der Waals surface area contributed by atoms with E-state index in [0.717, 1.165) is 5.56 Å². The molecule has 0 aromatic heterocycles. The monoisotopic (exact) mass is 347 g/mol. The van der Waals surface area contributed by atoms with Gasteiger partial charge >= 0.3 is 5.97 Å². The Morgan fingerprint density at radius 3 is 2.16 bits per heavy atom. The zero-order chi connectivity index (χ0) is 19.0. The van der Waals surface area contributed by atoms with Crippen LogP contribution in [0, 0.1) is 5.92 Å².